The number of aromatic nitrogens is 4. The van der Waals surface area contributed by atoms with Crippen LogP contribution >= 0.6 is 11.8 Å². The molecule has 0 aliphatic carbocycles. The maximum absolute atomic E-state index is 11.6. The lowest BCUT2D eigenvalue weighted by molar-refractivity contribution is -0.384. The van der Waals surface area contributed by atoms with Gasteiger partial charge in [0.05, 0.1) is 16.2 Å². The molecule has 2 aromatic carbocycles. The number of carbonyl (C=O) groups is 1. The highest BCUT2D eigenvalue weighted by Gasteiger charge is 2.21. The number of nitro benzene ring substituents is 1. The van der Waals surface area contributed by atoms with Crippen molar-refractivity contribution in [2.24, 2.45) is 0 Å². The van der Waals surface area contributed by atoms with Crippen molar-refractivity contribution in [3.8, 4) is 33.8 Å². The molecule has 0 aliphatic heterocycles. The predicted octanol–water partition coefficient (Wildman–Crippen LogP) is 4.69. The third kappa shape index (κ3) is 4.38. The van der Waals surface area contributed by atoms with Gasteiger partial charge in [-0.3, -0.25) is 20.0 Å². The summed E-state index contributed by atoms with van der Waals surface area (Å²) in [6.45, 7) is 3.25. The Kier molecular flexibility index (Phi) is 5.63. The van der Waals surface area contributed by atoms with Crippen LogP contribution in [0.3, 0.4) is 0 Å². The van der Waals surface area contributed by atoms with E-state index in [1.54, 1.807) is 13.0 Å². The monoisotopic (exact) mass is 435 g/mol. The highest BCUT2D eigenvalue weighted by atomic mass is 32.2. The van der Waals surface area contributed by atoms with E-state index in [9.17, 15) is 14.9 Å². The normalized spacial score (nSPS) is 10.9. The average molecular weight is 435 g/mol. The Bertz CT molecular complexity index is 1270. The Hall–Kier alpha value is -3.79. The highest BCUT2D eigenvalue weighted by molar-refractivity contribution is 7.99. The van der Waals surface area contributed by atoms with Gasteiger partial charge in [-0.05, 0) is 25.5 Å². The molecule has 4 aromatic rings. The second kappa shape index (κ2) is 8.52. The summed E-state index contributed by atoms with van der Waals surface area (Å²) in [4.78, 5) is 26.7. The van der Waals surface area contributed by atoms with Gasteiger partial charge >= 0.3 is 0 Å². The molecule has 2 heterocycles. The molecule has 1 N–H and O–H groups in total. The number of ketones is 1. The Morgan fingerprint density at radius 2 is 1.90 bits per heavy atom. The smallest absolute Gasteiger partial charge is 0.270 e. The molecule has 0 unspecified atom stereocenters. The molecule has 9 nitrogen and oxygen atoms in total. The largest absolute Gasteiger partial charge is 0.360 e. The summed E-state index contributed by atoms with van der Waals surface area (Å²) in [6.07, 6.45) is 0. The van der Waals surface area contributed by atoms with Crippen LogP contribution in [0.4, 0.5) is 5.69 Å². The first-order valence-corrected chi connectivity index (χ1v) is 10.3. The van der Waals surface area contributed by atoms with Gasteiger partial charge in [0.15, 0.2) is 5.82 Å². The van der Waals surface area contributed by atoms with Gasteiger partial charge in [0.25, 0.3) is 5.69 Å². The number of nitrogens with one attached hydrogen (secondary N) is 1. The van der Waals surface area contributed by atoms with Crippen molar-refractivity contribution < 1.29 is 14.2 Å². The number of hydrogen-bond acceptors (Lipinski definition) is 8. The number of thioether (sulfide) groups is 1. The molecule has 10 heteroatoms. The summed E-state index contributed by atoms with van der Waals surface area (Å²) in [5.41, 5.74) is 3.08. The fourth-order valence-corrected chi connectivity index (χ4v) is 3.71. The standard InChI is InChI=1S/C21H17N5O4S/c1-12(27)11-31-21-22-20(23-24-21)16-8-15(9-17(10-16)26(28)29)18-13(2)30-25-19(18)14-6-4-3-5-7-14/h3-10H,11H2,1-2H3,(H,22,23,24). The van der Waals surface area contributed by atoms with Crippen molar-refractivity contribution in [3.63, 3.8) is 0 Å². The van der Waals surface area contributed by atoms with Gasteiger partial charge in [0, 0.05) is 23.3 Å². The highest BCUT2D eigenvalue weighted by Crippen LogP contribution is 2.38. The maximum Gasteiger partial charge on any atom is 0.270 e. The van der Waals surface area contributed by atoms with Gasteiger partial charge in [0.1, 0.15) is 17.2 Å². The minimum Gasteiger partial charge on any atom is -0.360 e. The van der Waals surface area contributed by atoms with E-state index >= 15 is 0 Å². The van der Waals surface area contributed by atoms with Crippen LogP contribution in [0, 0.1) is 17.0 Å². The minimum atomic E-state index is -0.459. The summed E-state index contributed by atoms with van der Waals surface area (Å²) >= 11 is 1.20. The second-order valence-corrected chi connectivity index (χ2v) is 7.75. The SMILES string of the molecule is CC(=O)CSc1n[nH]c(-c2cc(-c3c(-c4ccccc4)noc3C)cc([N+](=O)[O-])c2)n1. The summed E-state index contributed by atoms with van der Waals surface area (Å²) in [6, 6.07) is 14.1. The van der Waals surface area contributed by atoms with E-state index in [1.807, 2.05) is 30.3 Å². The van der Waals surface area contributed by atoms with Crippen LogP contribution in [-0.2, 0) is 4.79 Å². The maximum atomic E-state index is 11.6. The number of H-pyrrole nitrogens is 1. The number of aryl methyl sites for hydroxylation is 1. The number of aromatic amines is 1. The molecule has 0 radical (unpaired) electrons. The molecule has 0 bridgehead atoms. The number of nitro groups is 1. The van der Waals surface area contributed by atoms with Crippen LogP contribution in [0.5, 0.6) is 0 Å². The fraction of sp³-hybridized carbons (Fsp3) is 0.143. The summed E-state index contributed by atoms with van der Waals surface area (Å²) in [5.74, 6) is 1.16. The van der Waals surface area contributed by atoms with Crippen molar-refractivity contribution in [3.05, 3.63) is 64.4 Å². The van der Waals surface area contributed by atoms with E-state index < -0.39 is 4.92 Å². The van der Waals surface area contributed by atoms with E-state index in [1.165, 1.54) is 30.8 Å². The van der Waals surface area contributed by atoms with Crippen LogP contribution in [-0.4, -0.2) is 36.8 Å². The van der Waals surface area contributed by atoms with E-state index in [-0.39, 0.29) is 17.2 Å². The summed E-state index contributed by atoms with van der Waals surface area (Å²) < 4.78 is 5.42. The van der Waals surface area contributed by atoms with Crippen molar-refractivity contribution >= 4 is 23.2 Å². The molecule has 4 rings (SSSR count). The molecular formula is C21H17N5O4S. The zero-order chi connectivity index (χ0) is 22.0. The molecule has 2 aromatic heterocycles. The minimum absolute atomic E-state index is 0.00496. The Balaban J connectivity index is 1.81. The number of carbonyl (C=O) groups excluding carboxylic acids is 1. The van der Waals surface area contributed by atoms with E-state index in [0.717, 1.165) is 5.56 Å². The molecule has 0 fully saturated rings. The van der Waals surface area contributed by atoms with Crippen LogP contribution < -0.4 is 0 Å². The van der Waals surface area contributed by atoms with Crippen LogP contribution in [0.25, 0.3) is 33.8 Å². The molecule has 0 saturated carbocycles. The molecule has 156 valence electrons. The Labute approximate surface area is 181 Å². The zero-order valence-corrected chi connectivity index (χ0v) is 17.5. The average Bonchev–Trinajstić information content (AvgIpc) is 3.39. The molecule has 0 amide bonds. The van der Waals surface area contributed by atoms with E-state index in [4.69, 9.17) is 4.52 Å². The van der Waals surface area contributed by atoms with Crippen LogP contribution in [0.2, 0.25) is 0 Å². The molecule has 0 aliphatic rings. The third-order valence-electron chi connectivity index (χ3n) is 4.47. The Morgan fingerprint density at radius 1 is 1.16 bits per heavy atom. The number of rotatable bonds is 7. The van der Waals surface area contributed by atoms with Crippen molar-refractivity contribution in [1.82, 2.24) is 20.3 Å². The number of nitrogens with zero attached hydrogens (tertiary/aromatic N) is 4. The summed E-state index contributed by atoms with van der Waals surface area (Å²) in [7, 11) is 0. The first-order chi connectivity index (χ1) is 14.9. The number of benzene rings is 2. The summed E-state index contributed by atoms with van der Waals surface area (Å²) in [5, 5.41) is 23.0. The van der Waals surface area contributed by atoms with Gasteiger partial charge < -0.3 is 4.52 Å². The molecule has 0 spiro atoms. The fourth-order valence-electron chi connectivity index (χ4n) is 3.11. The zero-order valence-electron chi connectivity index (χ0n) is 16.7. The van der Waals surface area contributed by atoms with Crippen molar-refractivity contribution in [1.29, 1.82) is 0 Å². The molecule has 0 saturated heterocycles. The molecular weight excluding hydrogens is 418 g/mol. The molecule has 31 heavy (non-hydrogen) atoms. The second-order valence-electron chi connectivity index (χ2n) is 6.81. The first-order valence-electron chi connectivity index (χ1n) is 9.29. The lowest BCUT2D eigenvalue weighted by Crippen LogP contribution is -1.93. The Morgan fingerprint density at radius 3 is 2.61 bits per heavy atom. The number of hydrogen-bond donors (Lipinski definition) is 1. The van der Waals surface area contributed by atoms with Gasteiger partial charge in [0.2, 0.25) is 5.16 Å². The van der Waals surface area contributed by atoms with Crippen LogP contribution in [0.15, 0.2) is 58.2 Å². The predicted molar refractivity (Wildman–Crippen MR) is 116 cm³/mol. The van der Waals surface area contributed by atoms with E-state index in [2.05, 4.69) is 20.3 Å². The topological polar surface area (TPSA) is 128 Å². The number of Topliss-reactive ketones (excluding diaryl/α,β-unsaturated/α-hetero) is 1. The van der Waals surface area contributed by atoms with Gasteiger partial charge in [-0.15, -0.1) is 5.10 Å². The van der Waals surface area contributed by atoms with Gasteiger partial charge in [-0.25, -0.2) is 4.98 Å². The van der Waals surface area contributed by atoms with Gasteiger partial charge in [-0.1, -0.05) is 47.3 Å². The lowest BCUT2D eigenvalue weighted by Gasteiger charge is -2.06. The third-order valence-corrected chi connectivity index (χ3v) is 5.46. The van der Waals surface area contributed by atoms with E-state index in [0.29, 0.717) is 39.1 Å². The molecule has 0 atom stereocenters. The number of non-ortho nitro benzene ring substituents is 1. The first kappa shape index (κ1) is 20.5. The quantitative estimate of drug-likeness (QED) is 0.251. The van der Waals surface area contributed by atoms with Gasteiger partial charge in [-0.2, -0.15) is 0 Å². The van der Waals surface area contributed by atoms with Crippen molar-refractivity contribution in [2.45, 2.75) is 19.0 Å². The van der Waals surface area contributed by atoms with Crippen LogP contribution in [0.1, 0.15) is 12.7 Å². The van der Waals surface area contributed by atoms with Crippen molar-refractivity contribution in [2.75, 3.05) is 5.75 Å². The lowest BCUT2D eigenvalue weighted by atomic mass is 9.97.